The number of ether oxygens (including phenoxy) is 2. The molecule has 0 aliphatic carbocycles. The average Bonchev–Trinajstić information content (AvgIpc) is 2.55. The Kier molecular flexibility index (Phi) is 4.93. The van der Waals surface area contributed by atoms with Crippen LogP contribution in [0.15, 0.2) is 0 Å². The van der Waals surface area contributed by atoms with Crippen molar-refractivity contribution >= 4 is 11.9 Å². The third-order valence-corrected chi connectivity index (χ3v) is 3.17. The smallest absolute Gasteiger partial charge is 0.323 e. The molecule has 0 bridgehead atoms. The maximum atomic E-state index is 11.8. The van der Waals surface area contributed by atoms with Gasteiger partial charge in [0.1, 0.15) is 6.04 Å². The Hall–Kier alpha value is -1.10. The van der Waals surface area contributed by atoms with E-state index in [1.54, 1.807) is 13.8 Å². The van der Waals surface area contributed by atoms with Gasteiger partial charge < -0.3 is 14.8 Å². The highest BCUT2D eigenvalue weighted by Gasteiger charge is 2.46. The van der Waals surface area contributed by atoms with Gasteiger partial charge in [-0.3, -0.25) is 9.59 Å². The zero-order chi connectivity index (χ0) is 13.0. The zero-order valence-electron chi connectivity index (χ0n) is 10.9. The summed E-state index contributed by atoms with van der Waals surface area (Å²) in [6.45, 7) is 8.01. The summed E-state index contributed by atoms with van der Waals surface area (Å²) in [5.41, 5.74) is 0. The Morgan fingerprint density at radius 3 is 2.12 bits per heavy atom. The fourth-order valence-electron chi connectivity index (χ4n) is 2.37. The van der Waals surface area contributed by atoms with Gasteiger partial charge in [0.15, 0.2) is 0 Å². The molecule has 1 heterocycles. The fourth-order valence-corrected chi connectivity index (χ4v) is 2.37. The molecule has 17 heavy (non-hydrogen) atoms. The van der Waals surface area contributed by atoms with Crippen molar-refractivity contribution < 1.29 is 19.1 Å². The van der Waals surface area contributed by atoms with E-state index >= 15 is 0 Å². The first kappa shape index (κ1) is 14.0. The van der Waals surface area contributed by atoms with Crippen LogP contribution in [-0.4, -0.2) is 37.2 Å². The van der Waals surface area contributed by atoms with Crippen molar-refractivity contribution in [2.45, 2.75) is 39.8 Å². The molecule has 1 aliphatic heterocycles. The quantitative estimate of drug-likeness (QED) is 0.737. The first-order valence-electron chi connectivity index (χ1n) is 6.12. The van der Waals surface area contributed by atoms with Crippen LogP contribution in [-0.2, 0) is 19.1 Å². The van der Waals surface area contributed by atoms with Crippen molar-refractivity contribution in [1.82, 2.24) is 5.32 Å². The molecule has 5 heteroatoms. The summed E-state index contributed by atoms with van der Waals surface area (Å²) in [4.78, 5) is 23.5. The van der Waals surface area contributed by atoms with E-state index in [0.717, 1.165) is 0 Å². The highest BCUT2D eigenvalue weighted by Crippen LogP contribution is 2.29. The van der Waals surface area contributed by atoms with Crippen LogP contribution in [0.2, 0.25) is 0 Å². The third kappa shape index (κ3) is 2.97. The number of hydrogen-bond donors (Lipinski definition) is 1. The Bertz CT molecular complexity index is 292. The molecule has 0 aromatic rings. The monoisotopic (exact) mass is 243 g/mol. The van der Waals surface area contributed by atoms with E-state index in [0.29, 0.717) is 13.2 Å². The van der Waals surface area contributed by atoms with E-state index < -0.39 is 6.04 Å². The van der Waals surface area contributed by atoms with Crippen molar-refractivity contribution in [3.05, 3.63) is 0 Å². The summed E-state index contributed by atoms with van der Waals surface area (Å²) in [6.07, 6.45) is 0. The lowest BCUT2D eigenvalue weighted by Crippen LogP contribution is -2.38. The van der Waals surface area contributed by atoms with Crippen molar-refractivity contribution in [2.75, 3.05) is 13.2 Å². The van der Waals surface area contributed by atoms with Crippen molar-refractivity contribution in [3.63, 3.8) is 0 Å². The van der Waals surface area contributed by atoms with Gasteiger partial charge in [0, 0.05) is 6.04 Å². The normalized spacial score (nSPS) is 32.2. The van der Waals surface area contributed by atoms with Crippen LogP contribution in [0.3, 0.4) is 0 Å². The molecule has 0 spiro atoms. The van der Waals surface area contributed by atoms with E-state index in [4.69, 9.17) is 9.47 Å². The molecule has 1 N–H and O–H groups in total. The number of hydrogen-bond acceptors (Lipinski definition) is 5. The number of esters is 2. The van der Waals surface area contributed by atoms with Crippen LogP contribution < -0.4 is 5.32 Å². The Labute approximate surface area is 102 Å². The Morgan fingerprint density at radius 2 is 1.59 bits per heavy atom. The minimum atomic E-state index is -0.417. The van der Waals surface area contributed by atoms with E-state index in [1.807, 2.05) is 13.8 Å². The molecule has 1 rings (SSSR count). The van der Waals surface area contributed by atoms with Crippen LogP contribution in [0.1, 0.15) is 27.7 Å². The summed E-state index contributed by atoms with van der Waals surface area (Å²) in [7, 11) is 0. The summed E-state index contributed by atoms with van der Waals surface area (Å²) in [6, 6.07) is -0.488. The van der Waals surface area contributed by atoms with Crippen molar-refractivity contribution in [2.24, 2.45) is 11.8 Å². The molecule has 0 radical (unpaired) electrons. The van der Waals surface area contributed by atoms with E-state index in [-0.39, 0.29) is 29.8 Å². The zero-order valence-corrected chi connectivity index (χ0v) is 10.9. The van der Waals surface area contributed by atoms with Crippen molar-refractivity contribution in [3.8, 4) is 0 Å². The Balaban J connectivity index is 2.70. The maximum absolute atomic E-state index is 11.8. The molecular formula is C12H21NO4. The Morgan fingerprint density at radius 1 is 1.06 bits per heavy atom. The van der Waals surface area contributed by atoms with Crippen LogP contribution in [0.4, 0.5) is 0 Å². The maximum Gasteiger partial charge on any atom is 0.323 e. The molecular weight excluding hydrogens is 222 g/mol. The minimum Gasteiger partial charge on any atom is -0.466 e. The predicted octanol–water partition coefficient (Wildman–Crippen LogP) is 0.725. The molecule has 4 atom stereocenters. The van der Waals surface area contributed by atoms with Gasteiger partial charge >= 0.3 is 11.9 Å². The second-order valence-electron chi connectivity index (χ2n) is 4.32. The summed E-state index contributed by atoms with van der Waals surface area (Å²) >= 11 is 0. The fraction of sp³-hybridized carbons (Fsp3) is 0.833. The molecule has 0 aromatic carbocycles. The lowest BCUT2D eigenvalue weighted by atomic mass is 9.89. The molecule has 1 saturated heterocycles. The van der Waals surface area contributed by atoms with Crippen LogP contribution in [0.25, 0.3) is 0 Å². The van der Waals surface area contributed by atoms with Gasteiger partial charge in [-0.15, -0.1) is 0 Å². The van der Waals surface area contributed by atoms with Gasteiger partial charge in [0.2, 0.25) is 0 Å². The van der Waals surface area contributed by atoms with Gasteiger partial charge in [0.05, 0.1) is 19.1 Å². The second kappa shape index (κ2) is 6.00. The minimum absolute atomic E-state index is 0.0709. The number of carbonyl (C=O) groups excluding carboxylic acids is 2. The van der Waals surface area contributed by atoms with Gasteiger partial charge in [-0.2, -0.15) is 0 Å². The molecule has 0 aromatic heterocycles. The third-order valence-electron chi connectivity index (χ3n) is 3.17. The first-order chi connectivity index (χ1) is 8.02. The molecule has 0 saturated carbocycles. The van der Waals surface area contributed by atoms with E-state index in [1.165, 1.54) is 0 Å². The lowest BCUT2D eigenvalue weighted by Gasteiger charge is -2.18. The predicted molar refractivity (Wildman–Crippen MR) is 62.3 cm³/mol. The van der Waals surface area contributed by atoms with Crippen LogP contribution in [0.5, 0.6) is 0 Å². The second-order valence-corrected chi connectivity index (χ2v) is 4.32. The number of rotatable bonds is 4. The highest BCUT2D eigenvalue weighted by atomic mass is 16.5. The van der Waals surface area contributed by atoms with Gasteiger partial charge in [0.25, 0.3) is 0 Å². The van der Waals surface area contributed by atoms with Crippen molar-refractivity contribution in [1.29, 1.82) is 0 Å². The topological polar surface area (TPSA) is 64.6 Å². The molecule has 1 fully saturated rings. The van der Waals surface area contributed by atoms with E-state index in [2.05, 4.69) is 5.32 Å². The number of carbonyl (C=O) groups is 2. The molecule has 0 unspecified atom stereocenters. The standard InChI is InChI=1S/C12H21NO4/c1-5-16-11(14)9-7(3)10(13-8(9)4)12(15)17-6-2/h7-10,13H,5-6H2,1-4H3/t7-,8-,9-,10-/m1/s1. The molecule has 98 valence electrons. The van der Waals surface area contributed by atoms with Crippen LogP contribution in [0, 0.1) is 11.8 Å². The first-order valence-corrected chi connectivity index (χ1v) is 6.12. The molecule has 1 aliphatic rings. The highest BCUT2D eigenvalue weighted by molar-refractivity contribution is 5.81. The van der Waals surface area contributed by atoms with E-state index in [9.17, 15) is 9.59 Å². The summed E-state index contributed by atoms with van der Waals surface area (Å²) in [5, 5.41) is 3.10. The summed E-state index contributed by atoms with van der Waals surface area (Å²) in [5.74, 6) is -0.932. The molecule has 5 nitrogen and oxygen atoms in total. The number of nitrogens with one attached hydrogen (secondary N) is 1. The van der Waals surface area contributed by atoms with Crippen LogP contribution >= 0.6 is 0 Å². The molecule has 0 amide bonds. The van der Waals surface area contributed by atoms with Gasteiger partial charge in [-0.05, 0) is 26.7 Å². The average molecular weight is 243 g/mol. The van der Waals surface area contributed by atoms with Gasteiger partial charge in [-0.1, -0.05) is 6.92 Å². The SMILES string of the molecule is CCOC(=O)[C@@H]1[C@@H](C)[C@H](C(=O)OCC)N[C@@H]1C. The summed E-state index contributed by atoms with van der Waals surface area (Å²) < 4.78 is 10.0. The lowest BCUT2D eigenvalue weighted by molar-refractivity contribution is -0.150. The largest absolute Gasteiger partial charge is 0.466 e. The van der Waals surface area contributed by atoms with Gasteiger partial charge in [-0.25, -0.2) is 0 Å².